The molecule has 6 amide bonds. The highest BCUT2D eigenvalue weighted by atomic mass is 31.2. The van der Waals surface area contributed by atoms with Crippen molar-refractivity contribution in [1.82, 2.24) is 40.3 Å². The first-order valence-electron chi connectivity index (χ1n) is 25.5. The Balaban J connectivity index is 1.21. The highest BCUT2D eigenvalue weighted by Gasteiger charge is 2.37. The van der Waals surface area contributed by atoms with E-state index in [1.807, 2.05) is 50.5 Å². The number of nitro groups is 1. The Morgan fingerprint density at radius 1 is 0.934 bits per heavy atom. The number of carbonyl (C=O) groups excluding carboxylic acids is 6. The average Bonchev–Trinajstić information content (AvgIpc) is 4.19. The number of oxime groups is 1. The highest BCUT2D eigenvalue weighted by Crippen LogP contribution is 2.38. The van der Waals surface area contributed by atoms with Crippen LogP contribution in [0.5, 0.6) is 0 Å². The molecule has 2 fully saturated rings. The third-order valence-corrected chi connectivity index (χ3v) is 13.9. The summed E-state index contributed by atoms with van der Waals surface area (Å²) in [6.45, 7) is 11.7. The predicted octanol–water partition coefficient (Wildman–Crippen LogP) is 1.92. The van der Waals surface area contributed by atoms with Crippen LogP contribution in [0, 0.1) is 29.9 Å². The maximum absolute atomic E-state index is 14.1. The minimum Gasteiger partial charge on any atom is -0.396 e. The van der Waals surface area contributed by atoms with Crippen LogP contribution in [0.3, 0.4) is 0 Å². The molecular formula is C49H73N12O14P. The SMILES string of the molecule is CC(=O)N1CCC[C@H]1C(=O)N[C@@H](CC(C)C)C(=O)N[C@@H](Cc1cncn1CCCCCCO/N=C/c1cc(C)n(-c2ccc(N3CCCC3)c([N+](=O)[O-])c2)c1C)C(=O)N[C@@H](CO)C(=O)N[C@H](C(N)=O)[C@@H](C)OP(=O)(O)O. The van der Waals surface area contributed by atoms with Crippen LogP contribution in [0.25, 0.3) is 5.69 Å². The lowest BCUT2D eigenvalue weighted by Crippen LogP contribution is -2.61. The largest absolute Gasteiger partial charge is 0.469 e. The summed E-state index contributed by atoms with van der Waals surface area (Å²) in [4.78, 5) is 123. The number of aryl methyl sites for hydroxylation is 2. The Bertz CT molecular complexity index is 2610. The molecule has 26 nitrogen and oxygen atoms in total. The summed E-state index contributed by atoms with van der Waals surface area (Å²) >= 11 is 0. The Morgan fingerprint density at radius 2 is 1.61 bits per heavy atom. The zero-order chi connectivity index (χ0) is 55.9. The number of aromatic nitrogens is 3. The molecule has 0 unspecified atom stereocenters. The maximum atomic E-state index is 14.1. The van der Waals surface area contributed by atoms with Gasteiger partial charge < -0.3 is 65.7 Å². The third-order valence-electron chi connectivity index (χ3n) is 13.3. The molecule has 0 bridgehead atoms. The molecule has 0 saturated carbocycles. The molecule has 2 saturated heterocycles. The van der Waals surface area contributed by atoms with Gasteiger partial charge in [0.25, 0.3) is 5.69 Å². The van der Waals surface area contributed by atoms with Gasteiger partial charge in [-0.25, -0.2) is 9.55 Å². The van der Waals surface area contributed by atoms with E-state index in [-0.39, 0.29) is 35.3 Å². The summed E-state index contributed by atoms with van der Waals surface area (Å²) in [5, 5.41) is 36.4. The number of hydrogen-bond donors (Lipinski definition) is 8. The molecule has 6 atom stereocenters. The Kier molecular flexibility index (Phi) is 22.1. The predicted molar refractivity (Wildman–Crippen MR) is 278 cm³/mol. The van der Waals surface area contributed by atoms with Crippen molar-refractivity contribution >= 4 is 60.9 Å². The number of imidazole rings is 1. The molecule has 0 radical (unpaired) electrons. The van der Waals surface area contributed by atoms with Gasteiger partial charge in [-0.05, 0) is 96.3 Å². The quantitative estimate of drug-likeness (QED) is 0.0162. The first-order chi connectivity index (χ1) is 36.0. The number of likely N-dealkylation sites (tertiary alicyclic amines) is 1. The van der Waals surface area contributed by atoms with Gasteiger partial charge in [-0.1, -0.05) is 25.4 Å². The molecule has 4 heterocycles. The molecule has 3 aromatic rings. The number of aliphatic hydroxyl groups excluding tert-OH is 1. The van der Waals surface area contributed by atoms with Crippen LogP contribution in [-0.2, 0) is 55.7 Å². The monoisotopic (exact) mass is 1080 g/mol. The molecule has 76 heavy (non-hydrogen) atoms. The van der Waals surface area contributed by atoms with Gasteiger partial charge in [-0.3, -0.25) is 43.4 Å². The van der Waals surface area contributed by atoms with Crippen LogP contribution in [0.2, 0.25) is 0 Å². The molecule has 9 N–H and O–H groups in total. The normalized spacial score (nSPS) is 16.8. The van der Waals surface area contributed by atoms with Crippen molar-refractivity contribution in [2.24, 2.45) is 16.8 Å². The number of benzene rings is 1. The third kappa shape index (κ3) is 16.9. The number of anilines is 1. The van der Waals surface area contributed by atoms with Gasteiger partial charge in [0.1, 0.15) is 42.5 Å². The minimum atomic E-state index is -5.14. The number of carbonyl (C=O) groups is 6. The number of unbranched alkanes of at least 4 members (excludes halogenated alkanes) is 3. The fourth-order valence-corrected chi connectivity index (χ4v) is 10.1. The van der Waals surface area contributed by atoms with Crippen LogP contribution < -0.4 is 31.9 Å². The number of primary amides is 1. The zero-order valence-corrected chi connectivity index (χ0v) is 44.8. The molecule has 2 aliphatic rings. The molecule has 1 aromatic carbocycles. The smallest absolute Gasteiger partial charge is 0.396 e. The maximum Gasteiger partial charge on any atom is 0.469 e. The van der Waals surface area contributed by atoms with Gasteiger partial charge in [0, 0.05) is 74.4 Å². The molecular weight excluding hydrogens is 1010 g/mol. The summed E-state index contributed by atoms with van der Waals surface area (Å²) in [5.74, 6) is -5.06. The van der Waals surface area contributed by atoms with Gasteiger partial charge in [0.15, 0.2) is 0 Å². The zero-order valence-electron chi connectivity index (χ0n) is 43.9. The first-order valence-corrected chi connectivity index (χ1v) is 27.0. The van der Waals surface area contributed by atoms with Gasteiger partial charge in [-0.15, -0.1) is 0 Å². The van der Waals surface area contributed by atoms with Crippen molar-refractivity contribution in [1.29, 1.82) is 0 Å². The van der Waals surface area contributed by atoms with E-state index in [2.05, 4.69) is 40.8 Å². The Hall–Kier alpha value is -6.73. The van der Waals surface area contributed by atoms with E-state index < -0.39 is 80.3 Å². The summed E-state index contributed by atoms with van der Waals surface area (Å²) < 4.78 is 19.7. The molecule has 2 aromatic heterocycles. The lowest BCUT2D eigenvalue weighted by Gasteiger charge is -2.28. The lowest BCUT2D eigenvalue weighted by molar-refractivity contribution is -0.384. The number of phosphoric acid groups is 1. The standard InChI is InChI=1S/C49H73N12O14P/c1-30(2)22-38(54-49(68)42-14-13-20-59(42)34(6)63)46(65)53-39(47(66)55-40(28-62)48(67)56-44(45(50)64)33(5)75-76(71,72)73)24-37-27-51-29-58(37)19-9-7-8-12-21-74-52-26-35-23-31(3)60(32(35)4)36-15-16-41(43(25-36)61(69)70)57-17-10-11-18-57/h15-16,23,25-27,29-30,33,38-40,42,44,62H,7-14,17-22,24,28H2,1-6H3,(H2,50,64)(H,53,65)(H,54,68)(H,55,66)(H,56,67)(H2,71,72,73)/b52-26+/t33-,38+,39+,40+,42+,44+/m1/s1. The van der Waals surface area contributed by atoms with Gasteiger partial charge in [0.2, 0.25) is 35.4 Å². The van der Waals surface area contributed by atoms with E-state index in [1.165, 1.54) is 18.0 Å². The van der Waals surface area contributed by atoms with E-state index in [9.17, 15) is 58.3 Å². The Morgan fingerprint density at radius 3 is 2.25 bits per heavy atom. The topological polar surface area (TPSA) is 358 Å². The summed E-state index contributed by atoms with van der Waals surface area (Å²) in [5.41, 5.74) is 9.78. The van der Waals surface area contributed by atoms with Crippen molar-refractivity contribution in [3.63, 3.8) is 0 Å². The molecule has 418 valence electrons. The highest BCUT2D eigenvalue weighted by molar-refractivity contribution is 7.46. The summed E-state index contributed by atoms with van der Waals surface area (Å²) in [7, 11) is -5.14. The average molecular weight is 1090 g/mol. The van der Waals surface area contributed by atoms with E-state index in [0.717, 1.165) is 62.6 Å². The number of amides is 6. The molecule has 2 aliphatic heterocycles. The fourth-order valence-electron chi connectivity index (χ4n) is 9.50. The number of nitrogens with one attached hydrogen (secondary N) is 4. The van der Waals surface area contributed by atoms with Gasteiger partial charge in [0.05, 0.1) is 35.9 Å². The van der Waals surface area contributed by atoms with E-state index >= 15 is 0 Å². The molecule has 0 aliphatic carbocycles. The van der Waals surface area contributed by atoms with Crippen LogP contribution in [0.15, 0.2) is 41.9 Å². The number of nitrogens with two attached hydrogens (primary N) is 1. The minimum absolute atomic E-state index is 0.0674. The van der Waals surface area contributed by atoms with Crippen molar-refractivity contribution in [3.05, 3.63) is 69.5 Å². The van der Waals surface area contributed by atoms with Gasteiger partial charge in [-0.2, -0.15) is 0 Å². The van der Waals surface area contributed by atoms with Gasteiger partial charge >= 0.3 is 7.82 Å². The van der Waals surface area contributed by atoms with Crippen LogP contribution in [-0.4, -0.2) is 150 Å². The summed E-state index contributed by atoms with van der Waals surface area (Å²) in [6, 6.07) is 0.299. The van der Waals surface area contributed by atoms with Crippen molar-refractivity contribution in [3.8, 4) is 5.69 Å². The number of phosphoric ester groups is 1. The van der Waals surface area contributed by atoms with E-state index in [0.29, 0.717) is 62.4 Å². The van der Waals surface area contributed by atoms with Crippen molar-refractivity contribution < 1.29 is 62.5 Å². The molecule has 5 rings (SSSR count). The second-order valence-electron chi connectivity index (χ2n) is 19.6. The van der Waals surface area contributed by atoms with E-state index in [4.69, 9.17) is 10.6 Å². The number of nitrogens with zero attached hydrogens (tertiary/aromatic N) is 7. The Labute approximate surface area is 440 Å². The fraction of sp³-hybridized carbons (Fsp3) is 0.592. The van der Waals surface area contributed by atoms with E-state index in [1.54, 1.807) is 23.2 Å². The second kappa shape index (κ2) is 27.9. The number of rotatable bonds is 29. The van der Waals surface area contributed by atoms with Crippen molar-refractivity contribution in [2.75, 3.05) is 37.7 Å². The first kappa shape index (κ1) is 60.1. The second-order valence-corrected chi connectivity index (χ2v) is 20.8. The number of hydrogen-bond acceptors (Lipinski definition) is 15. The van der Waals surface area contributed by atoms with Crippen LogP contribution >= 0.6 is 7.82 Å². The molecule has 0 spiro atoms. The lowest BCUT2D eigenvalue weighted by atomic mass is 10.0. The molecule has 27 heteroatoms. The number of aliphatic hydroxyl groups is 1. The number of nitro benzene ring substituents is 1. The summed E-state index contributed by atoms with van der Waals surface area (Å²) in [6.07, 6.45) is 8.93. The van der Waals surface area contributed by atoms with Crippen molar-refractivity contribution in [2.45, 2.75) is 149 Å². The van der Waals surface area contributed by atoms with Crippen LogP contribution in [0.4, 0.5) is 11.4 Å². The van der Waals surface area contributed by atoms with Crippen LogP contribution in [0.1, 0.15) is 108 Å².